The molecule has 2 aromatic rings. The Morgan fingerprint density at radius 3 is 2.18 bits per heavy atom. The lowest BCUT2D eigenvalue weighted by molar-refractivity contribution is -0.141. The summed E-state index contributed by atoms with van der Waals surface area (Å²) in [5.41, 5.74) is 1.05. The molecule has 1 heterocycles. The largest absolute Gasteiger partial charge is 0.396 e. The van der Waals surface area contributed by atoms with Gasteiger partial charge in [0.2, 0.25) is 5.91 Å². The minimum Gasteiger partial charge on any atom is -0.396 e. The van der Waals surface area contributed by atoms with Gasteiger partial charge in [0.25, 0.3) is 0 Å². The van der Waals surface area contributed by atoms with Gasteiger partial charge in [0, 0.05) is 23.1 Å². The van der Waals surface area contributed by atoms with Gasteiger partial charge in [-0.1, -0.05) is 53.5 Å². The summed E-state index contributed by atoms with van der Waals surface area (Å²) in [4.78, 5) is 14.1. The van der Waals surface area contributed by atoms with Crippen molar-refractivity contribution in [1.29, 1.82) is 0 Å². The van der Waals surface area contributed by atoms with Crippen LogP contribution in [-0.4, -0.2) is 40.3 Å². The Bertz CT molecular complexity index is 709. The predicted octanol–water partition coefficient (Wildman–Crippen LogP) is 4.87. The first-order valence-electron chi connectivity index (χ1n) is 9.55. The zero-order valence-electron chi connectivity index (χ0n) is 15.8. The third kappa shape index (κ3) is 6.78. The molecule has 1 fully saturated rings. The smallest absolute Gasteiger partial charge is 0.223 e. The molecule has 0 radical (unpaired) electrons. The van der Waals surface area contributed by atoms with E-state index in [0.29, 0.717) is 24.3 Å². The highest BCUT2D eigenvalue weighted by molar-refractivity contribution is 6.30. The molecule has 2 unspecified atom stereocenters. The van der Waals surface area contributed by atoms with Crippen LogP contribution in [0.25, 0.3) is 0 Å². The van der Waals surface area contributed by atoms with Crippen molar-refractivity contribution >= 4 is 29.1 Å². The zero-order chi connectivity index (χ0) is 20.4. The van der Waals surface area contributed by atoms with Crippen molar-refractivity contribution in [3.63, 3.8) is 0 Å². The fraction of sp³-hybridized carbons (Fsp3) is 0.409. The van der Waals surface area contributed by atoms with Crippen molar-refractivity contribution in [2.45, 2.75) is 44.2 Å². The first kappa shape index (κ1) is 22.7. The number of halogens is 2. The molecule has 4 nitrogen and oxygen atoms in total. The van der Waals surface area contributed by atoms with Crippen LogP contribution in [-0.2, 0) is 4.79 Å². The number of aliphatic hydroxyl groups is 2. The fourth-order valence-electron chi connectivity index (χ4n) is 3.42. The summed E-state index contributed by atoms with van der Waals surface area (Å²) in [7, 11) is 0. The maximum atomic E-state index is 12.3. The van der Waals surface area contributed by atoms with Crippen LogP contribution in [0.15, 0.2) is 54.6 Å². The van der Waals surface area contributed by atoms with Gasteiger partial charge in [-0.05, 0) is 55.5 Å². The highest BCUT2D eigenvalue weighted by Crippen LogP contribution is 2.34. The standard InChI is InChI=1S/C16H22ClNO3.C6H5Cl/c17-13-8-6-12(7-9-13)15-4-1-5-16(21)18(15)14(11-20)3-2-10-19;7-6-4-2-1-3-5-6/h6-9,14-15,19-20H,1-5,10-11H2;1-5H. The number of nitrogens with zero attached hydrogens (tertiary/aromatic N) is 1. The molecule has 1 aliphatic rings. The number of carbonyl (C=O) groups excluding carboxylic acids is 1. The average molecular weight is 424 g/mol. The second kappa shape index (κ2) is 12.1. The number of likely N-dealkylation sites (tertiary alicyclic amines) is 1. The summed E-state index contributed by atoms with van der Waals surface area (Å²) in [5.74, 6) is 0.0817. The van der Waals surface area contributed by atoms with Gasteiger partial charge in [-0.2, -0.15) is 0 Å². The lowest BCUT2D eigenvalue weighted by Gasteiger charge is -2.41. The van der Waals surface area contributed by atoms with Crippen LogP contribution in [0.5, 0.6) is 0 Å². The fourth-order valence-corrected chi connectivity index (χ4v) is 3.69. The summed E-state index contributed by atoms with van der Waals surface area (Å²) in [5, 5.41) is 20.1. The number of piperidine rings is 1. The third-order valence-electron chi connectivity index (χ3n) is 4.78. The Morgan fingerprint density at radius 2 is 1.64 bits per heavy atom. The summed E-state index contributed by atoms with van der Waals surface area (Å²) in [6.07, 6.45) is 3.48. The molecule has 6 heteroatoms. The second-order valence-corrected chi connectivity index (χ2v) is 7.63. The number of hydrogen-bond acceptors (Lipinski definition) is 3. The summed E-state index contributed by atoms with van der Waals surface area (Å²) in [6, 6.07) is 16.7. The van der Waals surface area contributed by atoms with Crippen molar-refractivity contribution in [3.8, 4) is 0 Å². The highest BCUT2D eigenvalue weighted by Gasteiger charge is 2.33. The van der Waals surface area contributed by atoms with Crippen molar-refractivity contribution in [3.05, 3.63) is 70.2 Å². The quantitative estimate of drug-likeness (QED) is 0.696. The van der Waals surface area contributed by atoms with Crippen molar-refractivity contribution in [2.24, 2.45) is 0 Å². The van der Waals surface area contributed by atoms with Gasteiger partial charge in [0.15, 0.2) is 0 Å². The van der Waals surface area contributed by atoms with Gasteiger partial charge in [-0.15, -0.1) is 0 Å². The summed E-state index contributed by atoms with van der Waals surface area (Å²) >= 11 is 11.5. The number of amides is 1. The van der Waals surface area contributed by atoms with E-state index in [9.17, 15) is 9.90 Å². The molecule has 2 N–H and O–H groups in total. The van der Waals surface area contributed by atoms with Gasteiger partial charge in [-0.3, -0.25) is 4.79 Å². The summed E-state index contributed by atoms with van der Waals surface area (Å²) in [6.45, 7) is -0.0000280. The molecule has 152 valence electrons. The first-order valence-corrected chi connectivity index (χ1v) is 10.3. The SMILES string of the molecule is Clc1ccccc1.O=C1CCCC(c2ccc(Cl)cc2)N1C(CO)CCCO. The average Bonchev–Trinajstić information content (AvgIpc) is 2.71. The van der Waals surface area contributed by atoms with Crippen LogP contribution in [0.4, 0.5) is 0 Å². The van der Waals surface area contributed by atoms with Crippen molar-refractivity contribution in [2.75, 3.05) is 13.2 Å². The topological polar surface area (TPSA) is 60.8 Å². The van der Waals surface area contributed by atoms with Gasteiger partial charge >= 0.3 is 0 Å². The maximum Gasteiger partial charge on any atom is 0.223 e. The van der Waals surface area contributed by atoms with Gasteiger partial charge in [0.1, 0.15) is 0 Å². The van der Waals surface area contributed by atoms with E-state index in [0.717, 1.165) is 23.4 Å². The summed E-state index contributed by atoms with van der Waals surface area (Å²) < 4.78 is 0. The van der Waals surface area contributed by atoms with E-state index < -0.39 is 0 Å². The highest BCUT2D eigenvalue weighted by atomic mass is 35.5. The molecule has 0 aromatic heterocycles. The Balaban J connectivity index is 0.000000336. The molecule has 28 heavy (non-hydrogen) atoms. The van der Waals surface area contributed by atoms with Crippen molar-refractivity contribution in [1.82, 2.24) is 4.90 Å². The molecule has 0 bridgehead atoms. The van der Waals surface area contributed by atoms with E-state index in [4.69, 9.17) is 28.3 Å². The van der Waals surface area contributed by atoms with Gasteiger partial charge in [-0.25, -0.2) is 0 Å². The van der Waals surface area contributed by atoms with E-state index >= 15 is 0 Å². The predicted molar refractivity (Wildman–Crippen MR) is 114 cm³/mol. The lowest BCUT2D eigenvalue weighted by Crippen LogP contribution is -2.47. The van der Waals surface area contributed by atoms with Crippen molar-refractivity contribution < 1.29 is 15.0 Å². The molecule has 0 aliphatic carbocycles. The van der Waals surface area contributed by atoms with Crippen LogP contribution in [0.1, 0.15) is 43.7 Å². The number of rotatable bonds is 6. The molecule has 3 rings (SSSR count). The first-order chi connectivity index (χ1) is 13.6. The Kier molecular flexibility index (Phi) is 9.79. The second-order valence-electron chi connectivity index (χ2n) is 6.76. The lowest BCUT2D eigenvalue weighted by atomic mass is 9.92. The van der Waals surface area contributed by atoms with E-state index in [1.54, 1.807) is 0 Å². The monoisotopic (exact) mass is 423 g/mol. The number of benzene rings is 2. The molecule has 1 saturated heterocycles. The van der Waals surface area contributed by atoms with Crippen LogP contribution in [0.2, 0.25) is 10.0 Å². The maximum absolute atomic E-state index is 12.3. The molecular formula is C22H27Cl2NO3. The Labute approximate surface area is 176 Å². The van der Waals surface area contributed by atoms with E-state index in [2.05, 4.69) is 0 Å². The van der Waals surface area contributed by atoms with E-state index in [1.807, 2.05) is 59.5 Å². The zero-order valence-corrected chi connectivity index (χ0v) is 17.3. The molecule has 1 amide bonds. The molecule has 1 aliphatic heterocycles. The van der Waals surface area contributed by atoms with E-state index in [-0.39, 0.29) is 31.2 Å². The Hall–Kier alpha value is -1.59. The molecule has 2 aromatic carbocycles. The van der Waals surface area contributed by atoms with Crippen LogP contribution < -0.4 is 0 Å². The molecule has 2 atom stereocenters. The van der Waals surface area contributed by atoms with Crippen LogP contribution >= 0.6 is 23.2 Å². The molecule has 0 saturated carbocycles. The molecular weight excluding hydrogens is 397 g/mol. The normalized spacial score (nSPS) is 17.6. The minimum atomic E-state index is -0.231. The molecule has 0 spiro atoms. The van der Waals surface area contributed by atoms with E-state index in [1.165, 1.54) is 0 Å². The number of carbonyl (C=O) groups is 1. The number of hydrogen-bond donors (Lipinski definition) is 2. The van der Waals surface area contributed by atoms with Gasteiger partial charge < -0.3 is 15.1 Å². The minimum absolute atomic E-state index is 0.0145. The van der Waals surface area contributed by atoms with Crippen LogP contribution in [0, 0.1) is 0 Å². The Morgan fingerprint density at radius 1 is 1.00 bits per heavy atom. The third-order valence-corrected chi connectivity index (χ3v) is 5.28. The van der Waals surface area contributed by atoms with Gasteiger partial charge in [0.05, 0.1) is 18.7 Å². The number of aliphatic hydroxyl groups excluding tert-OH is 2. The van der Waals surface area contributed by atoms with Crippen LogP contribution in [0.3, 0.4) is 0 Å².